The van der Waals surface area contributed by atoms with Crippen molar-refractivity contribution < 1.29 is 0 Å². The van der Waals surface area contributed by atoms with Crippen molar-refractivity contribution in [2.24, 2.45) is 0 Å². The standard InChI is InChI=1S/C17H19N3/c1-12(2)20-16(11-14-7-4-6-13(3)10-14)19-15-8-5-9-18-17(15)20/h4-10,12H,11H2,1-3H3. The van der Waals surface area contributed by atoms with E-state index in [9.17, 15) is 0 Å². The minimum atomic E-state index is 0.356. The third-order valence-electron chi connectivity index (χ3n) is 3.48. The maximum absolute atomic E-state index is 4.76. The number of imidazole rings is 1. The molecular formula is C17H19N3. The predicted molar refractivity (Wildman–Crippen MR) is 81.9 cm³/mol. The fraction of sp³-hybridized carbons (Fsp3) is 0.294. The zero-order valence-corrected chi connectivity index (χ0v) is 12.2. The van der Waals surface area contributed by atoms with Gasteiger partial charge in [0.1, 0.15) is 11.3 Å². The lowest BCUT2D eigenvalue weighted by molar-refractivity contribution is 0.587. The van der Waals surface area contributed by atoms with E-state index < -0.39 is 0 Å². The van der Waals surface area contributed by atoms with Gasteiger partial charge in [-0.1, -0.05) is 29.8 Å². The molecular weight excluding hydrogens is 246 g/mol. The van der Waals surface area contributed by atoms with Gasteiger partial charge in [0.2, 0.25) is 0 Å². The normalized spacial score (nSPS) is 11.4. The summed E-state index contributed by atoms with van der Waals surface area (Å²) in [6.45, 7) is 6.47. The predicted octanol–water partition coefficient (Wildman–Crippen LogP) is 3.91. The maximum Gasteiger partial charge on any atom is 0.160 e. The Balaban J connectivity index is 2.09. The molecule has 0 unspecified atom stereocenters. The van der Waals surface area contributed by atoms with E-state index in [4.69, 9.17) is 4.98 Å². The van der Waals surface area contributed by atoms with Crippen molar-refractivity contribution in [2.45, 2.75) is 33.2 Å². The van der Waals surface area contributed by atoms with Crippen LogP contribution in [0.1, 0.15) is 36.8 Å². The van der Waals surface area contributed by atoms with Crippen LogP contribution in [-0.2, 0) is 6.42 Å². The van der Waals surface area contributed by atoms with Crippen LogP contribution < -0.4 is 0 Å². The lowest BCUT2D eigenvalue weighted by atomic mass is 10.1. The molecule has 0 atom stereocenters. The third-order valence-corrected chi connectivity index (χ3v) is 3.48. The minimum absolute atomic E-state index is 0.356. The first-order valence-corrected chi connectivity index (χ1v) is 7.02. The van der Waals surface area contributed by atoms with Gasteiger partial charge in [0.05, 0.1) is 0 Å². The van der Waals surface area contributed by atoms with E-state index in [1.54, 1.807) is 0 Å². The summed E-state index contributed by atoms with van der Waals surface area (Å²) in [6.07, 6.45) is 2.68. The zero-order valence-electron chi connectivity index (χ0n) is 12.2. The van der Waals surface area contributed by atoms with E-state index in [0.29, 0.717) is 6.04 Å². The number of benzene rings is 1. The number of pyridine rings is 1. The van der Waals surface area contributed by atoms with E-state index in [0.717, 1.165) is 23.4 Å². The molecule has 2 aromatic heterocycles. The first kappa shape index (κ1) is 12.9. The molecule has 2 heterocycles. The average molecular weight is 265 g/mol. The Kier molecular flexibility index (Phi) is 3.26. The number of aryl methyl sites for hydroxylation is 1. The van der Waals surface area contributed by atoms with Crippen LogP contribution in [0.25, 0.3) is 11.2 Å². The van der Waals surface area contributed by atoms with Crippen LogP contribution in [0.5, 0.6) is 0 Å². The fourth-order valence-corrected chi connectivity index (χ4v) is 2.65. The highest BCUT2D eigenvalue weighted by Gasteiger charge is 2.14. The van der Waals surface area contributed by atoms with Crippen molar-refractivity contribution in [3.8, 4) is 0 Å². The minimum Gasteiger partial charge on any atom is -0.310 e. The summed E-state index contributed by atoms with van der Waals surface area (Å²) in [4.78, 5) is 9.24. The van der Waals surface area contributed by atoms with Crippen molar-refractivity contribution in [2.75, 3.05) is 0 Å². The molecule has 0 aliphatic carbocycles. The Morgan fingerprint density at radius 2 is 2.00 bits per heavy atom. The summed E-state index contributed by atoms with van der Waals surface area (Å²) in [6, 6.07) is 12.9. The van der Waals surface area contributed by atoms with Gasteiger partial charge in [0.25, 0.3) is 0 Å². The zero-order chi connectivity index (χ0) is 14.1. The van der Waals surface area contributed by atoms with Crippen molar-refractivity contribution >= 4 is 11.2 Å². The first-order chi connectivity index (χ1) is 9.65. The number of hydrogen-bond donors (Lipinski definition) is 0. The molecule has 3 aromatic rings. The van der Waals surface area contributed by atoms with Crippen LogP contribution in [0.3, 0.4) is 0 Å². The molecule has 1 aromatic carbocycles. The van der Waals surface area contributed by atoms with Crippen LogP contribution >= 0.6 is 0 Å². The van der Waals surface area contributed by atoms with Gasteiger partial charge in [-0.3, -0.25) is 0 Å². The highest BCUT2D eigenvalue weighted by molar-refractivity contribution is 5.71. The second-order valence-corrected chi connectivity index (χ2v) is 5.50. The first-order valence-electron chi connectivity index (χ1n) is 7.02. The summed E-state index contributed by atoms with van der Waals surface area (Å²) >= 11 is 0. The molecule has 0 aliphatic rings. The molecule has 0 aliphatic heterocycles. The van der Waals surface area contributed by atoms with Crippen molar-refractivity contribution in [3.63, 3.8) is 0 Å². The van der Waals surface area contributed by atoms with Gasteiger partial charge in [-0.2, -0.15) is 0 Å². The van der Waals surface area contributed by atoms with Crippen LogP contribution in [0.15, 0.2) is 42.6 Å². The molecule has 102 valence electrons. The summed E-state index contributed by atoms with van der Waals surface area (Å²) in [5, 5.41) is 0. The van der Waals surface area contributed by atoms with Crippen LogP contribution in [-0.4, -0.2) is 14.5 Å². The van der Waals surface area contributed by atoms with Crippen LogP contribution in [0, 0.1) is 6.92 Å². The molecule has 0 radical (unpaired) electrons. The number of rotatable bonds is 3. The SMILES string of the molecule is Cc1cccc(Cc2nc3cccnc3n2C(C)C)c1. The van der Waals surface area contributed by atoms with E-state index in [1.807, 2.05) is 18.3 Å². The molecule has 0 amide bonds. The van der Waals surface area contributed by atoms with E-state index >= 15 is 0 Å². The molecule has 0 spiro atoms. The third kappa shape index (κ3) is 2.31. The van der Waals surface area contributed by atoms with E-state index in [1.165, 1.54) is 11.1 Å². The molecule has 0 fully saturated rings. The van der Waals surface area contributed by atoms with Gasteiger partial charge in [-0.15, -0.1) is 0 Å². The van der Waals surface area contributed by atoms with Gasteiger partial charge < -0.3 is 4.57 Å². The average Bonchev–Trinajstić information content (AvgIpc) is 2.76. The molecule has 0 N–H and O–H groups in total. The van der Waals surface area contributed by atoms with Crippen molar-refractivity contribution in [1.82, 2.24) is 14.5 Å². The highest BCUT2D eigenvalue weighted by Crippen LogP contribution is 2.21. The van der Waals surface area contributed by atoms with Gasteiger partial charge in [-0.05, 0) is 38.5 Å². The lowest BCUT2D eigenvalue weighted by Crippen LogP contribution is -2.07. The monoisotopic (exact) mass is 265 g/mol. The highest BCUT2D eigenvalue weighted by atomic mass is 15.1. The molecule has 0 saturated carbocycles. The Morgan fingerprint density at radius 1 is 1.15 bits per heavy atom. The topological polar surface area (TPSA) is 30.7 Å². The van der Waals surface area contributed by atoms with E-state index in [2.05, 4.69) is 54.6 Å². The van der Waals surface area contributed by atoms with Gasteiger partial charge in [-0.25, -0.2) is 9.97 Å². The second-order valence-electron chi connectivity index (χ2n) is 5.50. The van der Waals surface area contributed by atoms with Crippen molar-refractivity contribution in [1.29, 1.82) is 0 Å². The molecule has 20 heavy (non-hydrogen) atoms. The van der Waals surface area contributed by atoms with Gasteiger partial charge >= 0.3 is 0 Å². The number of fused-ring (bicyclic) bond motifs is 1. The Morgan fingerprint density at radius 3 is 2.75 bits per heavy atom. The Hall–Kier alpha value is -2.16. The molecule has 3 nitrogen and oxygen atoms in total. The largest absolute Gasteiger partial charge is 0.310 e. The second kappa shape index (κ2) is 5.08. The van der Waals surface area contributed by atoms with Crippen LogP contribution in [0.4, 0.5) is 0 Å². The molecule has 0 bridgehead atoms. The molecule has 3 rings (SSSR count). The van der Waals surface area contributed by atoms with Gasteiger partial charge in [0.15, 0.2) is 5.65 Å². The molecule has 3 heteroatoms. The Bertz CT molecular complexity index is 741. The van der Waals surface area contributed by atoms with Crippen LogP contribution in [0.2, 0.25) is 0 Å². The number of hydrogen-bond acceptors (Lipinski definition) is 2. The smallest absolute Gasteiger partial charge is 0.160 e. The quantitative estimate of drug-likeness (QED) is 0.718. The van der Waals surface area contributed by atoms with Gasteiger partial charge in [0, 0.05) is 18.7 Å². The maximum atomic E-state index is 4.76. The molecule has 0 saturated heterocycles. The summed E-state index contributed by atoms with van der Waals surface area (Å²) in [5.74, 6) is 1.08. The lowest BCUT2D eigenvalue weighted by Gasteiger charge is -2.12. The fourth-order valence-electron chi connectivity index (χ4n) is 2.65. The summed E-state index contributed by atoms with van der Waals surface area (Å²) < 4.78 is 2.23. The summed E-state index contributed by atoms with van der Waals surface area (Å²) in [7, 11) is 0. The van der Waals surface area contributed by atoms with E-state index in [-0.39, 0.29) is 0 Å². The number of aromatic nitrogens is 3. The number of nitrogens with zero attached hydrogens (tertiary/aromatic N) is 3. The van der Waals surface area contributed by atoms with Crippen molar-refractivity contribution in [3.05, 3.63) is 59.5 Å². The Labute approximate surface area is 119 Å². The summed E-state index contributed by atoms with van der Waals surface area (Å²) in [5.41, 5.74) is 4.53.